The SMILES string of the molecule is c1ccc(-c2nc(-c3ccccc3)nc(-c3ccc(-c4ccccc4)c4oc5c6ccccc6ccc5c34)n2)cc1. The number of nitrogens with zero attached hydrogens (tertiary/aromatic N) is 3. The number of rotatable bonds is 4. The number of furan rings is 1. The number of aromatic nitrogens is 3. The first kappa shape index (κ1) is 23.3. The fourth-order valence-electron chi connectivity index (χ4n) is 5.57. The lowest BCUT2D eigenvalue weighted by molar-refractivity contribution is 0.674. The molecule has 192 valence electrons. The summed E-state index contributed by atoms with van der Waals surface area (Å²) >= 11 is 0. The van der Waals surface area contributed by atoms with Crippen LogP contribution in [-0.4, -0.2) is 15.0 Å². The van der Waals surface area contributed by atoms with E-state index in [1.54, 1.807) is 0 Å². The fraction of sp³-hybridized carbons (Fsp3) is 0. The van der Waals surface area contributed by atoms with Crippen molar-refractivity contribution in [2.45, 2.75) is 0 Å². The molecule has 0 bridgehead atoms. The molecule has 4 nitrogen and oxygen atoms in total. The molecule has 4 heteroatoms. The molecule has 0 N–H and O–H groups in total. The summed E-state index contributed by atoms with van der Waals surface area (Å²) in [5.74, 6) is 1.87. The van der Waals surface area contributed by atoms with Crippen molar-refractivity contribution in [1.82, 2.24) is 15.0 Å². The second kappa shape index (κ2) is 9.54. The summed E-state index contributed by atoms with van der Waals surface area (Å²) in [6.45, 7) is 0. The van der Waals surface area contributed by atoms with E-state index >= 15 is 0 Å². The van der Waals surface area contributed by atoms with Gasteiger partial charge in [0.1, 0.15) is 11.2 Å². The van der Waals surface area contributed by atoms with Crippen LogP contribution >= 0.6 is 0 Å². The van der Waals surface area contributed by atoms with Crippen molar-refractivity contribution in [2.75, 3.05) is 0 Å². The van der Waals surface area contributed by atoms with Gasteiger partial charge in [0.05, 0.1) is 0 Å². The third kappa shape index (κ3) is 3.97. The van der Waals surface area contributed by atoms with Crippen LogP contribution in [0.1, 0.15) is 0 Å². The zero-order valence-electron chi connectivity index (χ0n) is 22.0. The van der Waals surface area contributed by atoms with Crippen molar-refractivity contribution in [2.24, 2.45) is 0 Å². The number of benzene rings is 6. The monoisotopic (exact) mass is 525 g/mol. The summed E-state index contributed by atoms with van der Waals surface area (Å²) in [5, 5.41) is 4.25. The first-order chi connectivity index (χ1) is 20.3. The molecule has 2 heterocycles. The number of hydrogen-bond acceptors (Lipinski definition) is 4. The summed E-state index contributed by atoms with van der Waals surface area (Å²) in [5.41, 5.74) is 6.60. The standard InChI is InChI=1S/C37H23N3O/c1-4-12-24(13-5-1)29-22-23-31(32-30-21-20-25-14-10-11-19-28(25)33(30)41-34(29)32)37-39-35(26-15-6-2-7-16-26)38-36(40-37)27-17-8-3-9-18-27/h1-23H. The highest BCUT2D eigenvalue weighted by Crippen LogP contribution is 2.43. The van der Waals surface area contributed by atoms with Gasteiger partial charge in [0.2, 0.25) is 0 Å². The van der Waals surface area contributed by atoms with Gasteiger partial charge >= 0.3 is 0 Å². The van der Waals surface area contributed by atoms with Gasteiger partial charge in [0.15, 0.2) is 17.5 Å². The Hall–Kier alpha value is -5.61. The van der Waals surface area contributed by atoms with Crippen LogP contribution < -0.4 is 0 Å². The Bertz CT molecular complexity index is 2130. The first-order valence-electron chi connectivity index (χ1n) is 13.6. The minimum Gasteiger partial charge on any atom is -0.455 e. The number of fused-ring (bicyclic) bond motifs is 5. The molecule has 0 saturated heterocycles. The molecule has 0 spiro atoms. The van der Waals surface area contributed by atoms with E-state index in [-0.39, 0.29) is 0 Å². The van der Waals surface area contributed by atoms with Crippen LogP contribution in [-0.2, 0) is 0 Å². The van der Waals surface area contributed by atoms with E-state index < -0.39 is 0 Å². The van der Waals surface area contributed by atoms with Gasteiger partial charge in [0, 0.05) is 38.4 Å². The average molecular weight is 526 g/mol. The summed E-state index contributed by atoms with van der Waals surface area (Å²) < 4.78 is 6.77. The smallest absolute Gasteiger partial charge is 0.164 e. The molecule has 0 radical (unpaired) electrons. The lowest BCUT2D eigenvalue weighted by Gasteiger charge is -2.10. The minimum absolute atomic E-state index is 0.609. The van der Waals surface area contributed by atoms with Gasteiger partial charge in [0.25, 0.3) is 0 Å². The van der Waals surface area contributed by atoms with Gasteiger partial charge < -0.3 is 4.42 Å². The van der Waals surface area contributed by atoms with Crippen LogP contribution in [0.2, 0.25) is 0 Å². The molecule has 8 rings (SSSR count). The Morgan fingerprint density at radius 3 is 1.56 bits per heavy atom. The van der Waals surface area contributed by atoms with Gasteiger partial charge in [-0.25, -0.2) is 15.0 Å². The van der Waals surface area contributed by atoms with E-state index in [9.17, 15) is 0 Å². The van der Waals surface area contributed by atoms with Crippen LogP contribution in [0.15, 0.2) is 144 Å². The van der Waals surface area contributed by atoms with Gasteiger partial charge in [-0.15, -0.1) is 0 Å². The van der Waals surface area contributed by atoms with Crippen molar-refractivity contribution >= 4 is 32.7 Å². The zero-order valence-corrected chi connectivity index (χ0v) is 22.0. The highest BCUT2D eigenvalue weighted by Gasteiger charge is 2.21. The summed E-state index contributed by atoms with van der Waals surface area (Å²) in [6, 6.07) is 47.4. The highest BCUT2D eigenvalue weighted by molar-refractivity contribution is 6.21. The van der Waals surface area contributed by atoms with E-state index in [0.717, 1.165) is 60.5 Å². The molecule has 41 heavy (non-hydrogen) atoms. The van der Waals surface area contributed by atoms with Crippen LogP contribution in [0.3, 0.4) is 0 Å². The molecular formula is C37H23N3O. The molecule has 2 aromatic heterocycles. The molecule has 0 fully saturated rings. The molecule has 0 atom stereocenters. The van der Waals surface area contributed by atoms with Gasteiger partial charge in [-0.05, 0) is 29.1 Å². The van der Waals surface area contributed by atoms with Crippen LogP contribution in [0.4, 0.5) is 0 Å². The summed E-state index contributed by atoms with van der Waals surface area (Å²) in [6.07, 6.45) is 0. The lowest BCUT2D eigenvalue weighted by Crippen LogP contribution is -2.00. The van der Waals surface area contributed by atoms with Gasteiger partial charge in [-0.2, -0.15) is 0 Å². The normalized spacial score (nSPS) is 11.4. The molecular weight excluding hydrogens is 502 g/mol. The second-order valence-corrected chi connectivity index (χ2v) is 10.0. The predicted octanol–water partition coefficient (Wildman–Crippen LogP) is 9.59. The van der Waals surface area contributed by atoms with Crippen LogP contribution in [0.25, 0.3) is 78.0 Å². The second-order valence-electron chi connectivity index (χ2n) is 10.0. The van der Waals surface area contributed by atoms with Gasteiger partial charge in [-0.3, -0.25) is 0 Å². The molecule has 0 aliphatic rings. The van der Waals surface area contributed by atoms with Crippen LogP contribution in [0, 0.1) is 0 Å². The number of hydrogen-bond donors (Lipinski definition) is 0. The molecule has 0 aliphatic carbocycles. The predicted molar refractivity (Wildman–Crippen MR) is 166 cm³/mol. The van der Waals surface area contributed by atoms with E-state index in [1.807, 2.05) is 66.7 Å². The largest absolute Gasteiger partial charge is 0.455 e. The van der Waals surface area contributed by atoms with Crippen LogP contribution in [0.5, 0.6) is 0 Å². The quantitative estimate of drug-likeness (QED) is 0.230. The zero-order chi connectivity index (χ0) is 27.2. The third-order valence-corrected chi connectivity index (χ3v) is 7.54. The summed E-state index contributed by atoms with van der Waals surface area (Å²) in [7, 11) is 0. The van der Waals surface area contributed by atoms with Gasteiger partial charge in [-0.1, -0.05) is 121 Å². The van der Waals surface area contributed by atoms with E-state index in [2.05, 4.69) is 72.8 Å². The maximum atomic E-state index is 6.77. The van der Waals surface area contributed by atoms with E-state index in [4.69, 9.17) is 19.4 Å². The topological polar surface area (TPSA) is 51.8 Å². The van der Waals surface area contributed by atoms with Crippen molar-refractivity contribution in [3.05, 3.63) is 140 Å². The first-order valence-corrected chi connectivity index (χ1v) is 13.6. The van der Waals surface area contributed by atoms with E-state index in [0.29, 0.717) is 17.5 Å². The average Bonchev–Trinajstić information content (AvgIpc) is 3.46. The van der Waals surface area contributed by atoms with Crippen molar-refractivity contribution in [3.63, 3.8) is 0 Å². The van der Waals surface area contributed by atoms with E-state index in [1.165, 1.54) is 0 Å². The Morgan fingerprint density at radius 2 is 0.902 bits per heavy atom. The molecule has 0 aliphatic heterocycles. The fourth-order valence-corrected chi connectivity index (χ4v) is 5.57. The molecule has 8 aromatic rings. The maximum Gasteiger partial charge on any atom is 0.164 e. The third-order valence-electron chi connectivity index (χ3n) is 7.54. The highest BCUT2D eigenvalue weighted by atomic mass is 16.3. The molecule has 6 aromatic carbocycles. The minimum atomic E-state index is 0.609. The maximum absolute atomic E-state index is 6.77. The lowest BCUT2D eigenvalue weighted by atomic mass is 9.97. The molecule has 0 amide bonds. The summed E-state index contributed by atoms with van der Waals surface area (Å²) in [4.78, 5) is 15.0. The molecule has 0 unspecified atom stereocenters. The Labute approximate surface area is 236 Å². The van der Waals surface area contributed by atoms with Crippen molar-refractivity contribution < 1.29 is 4.42 Å². The Balaban J connectivity index is 1.47. The Kier molecular flexibility index (Phi) is 5.42. The van der Waals surface area contributed by atoms with Crippen molar-refractivity contribution in [3.8, 4) is 45.3 Å². The molecule has 0 saturated carbocycles. The van der Waals surface area contributed by atoms with Crippen molar-refractivity contribution in [1.29, 1.82) is 0 Å². The Morgan fingerprint density at radius 1 is 0.366 bits per heavy atom.